The van der Waals surface area contributed by atoms with E-state index in [2.05, 4.69) is 44.7 Å². The predicted octanol–water partition coefficient (Wildman–Crippen LogP) is 2.72. The van der Waals surface area contributed by atoms with Crippen molar-refractivity contribution in [3.05, 3.63) is 33.8 Å². The molecule has 5 nitrogen and oxygen atoms in total. The molecule has 0 aliphatic rings. The number of thiophene rings is 1. The topological polar surface area (TPSA) is 67.1 Å². The van der Waals surface area contributed by atoms with Gasteiger partial charge in [0.2, 0.25) is 0 Å². The van der Waals surface area contributed by atoms with Gasteiger partial charge in [-0.2, -0.15) is 0 Å². The summed E-state index contributed by atoms with van der Waals surface area (Å²) in [6.07, 6.45) is 0.790. The lowest BCUT2D eigenvalue weighted by atomic mass is 10.2. The van der Waals surface area contributed by atoms with Crippen LogP contribution in [0.1, 0.15) is 30.1 Å². The van der Waals surface area contributed by atoms with Crippen LogP contribution in [0.3, 0.4) is 0 Å². The van der Waals surface area contributed by atoms with Crippen LogP contribution in [-0.4, -0.2) is 16.5 Å². The zero-order chi connectivity index (χ0) is 14.5. The third kappa shape index (κ3) is 3.08. The van der Waals surface area contributed by atoms with Crippen molar-refractivity contribution >= 4 is 23.0 Å². The standard InChI is InChI=1S/C14H21N5S/c1-4-12-16-13(18-15)10(3)14(17-12)19(5-2)9-11-7-6-8-20-11/h6-8H,4-5,9,15H2,1-3H3,(H,16,17,18). The van der Waals surface area contributed by atoms with Crippen LogP contribution in [-0.2, 0) is 13.0 Å². The highest BCUT2D eigenvalue weighted by Crippen LogP contribution is 2.25. The molecule has 0 amide bonds. The minimum absolute atomic E-state index is 0.705. The van der Waals surface area contributed by atoms with E-state index in [-0.39, 0.29) is 0 Å². The molecule has 0 unspecified atom stereocenters. The fraction of sp³-hybridized carbons (Fsp3) is 0.429. The Morgan fingerprint density at radius 1 is 1.35 bits per heavy atom. The van der Waals surface area contributed by atoms with Crippen LogP contribution in [0.4, 0.5) is 11.6 Å². The molecule has 0 aliphatic carbocycles. The summed E-state index contributed by atoms with van der Waals surface area (Å²) in [5.74, 6) is 8.04. The van der Waals surface area contributed by atoms with Crippen LogP contribution >= 0.6 is 11.3 Å². The van der Waals surface area contributed by atoms with Gasteiger partial charge in [-0.25, -0.2) is 15.8 Å². The van der Waals surface area contributed by atoms with E-state index >= 15 is 0 Å². The molecule has 0 spiro atoms. The van der Waals surface area contributed by atoms with Crippen molar-refractivity contribution in [1.82, 2.24) is 9.97 Å². The van der Waals surface area contributed by atoms with E-state index in [1.54, 1.807) is 11.3 Å². The van der Waals surface area contributed by atoms with E-state index in [0.29, 0.717) is 5.82 Å². The van der Waals surface area contributed by atoms with Gasteiger partial charge in [-0.05, 0) is 25.3 Å². The van der Waals surface area contributed by atoms with Crippen molar-refractivity contribution in [3.63, 3.8) is 0 Å². The fourth-order valence-electron chi connectivity index (χ4n) is 2.08. The summed E-state index contributed by atoms with van der Waals surface area (Å²) in [5, 5.41) is 2.10. The molecule has 108 valence electrons. The third-order valence-electron chi connectivity index (χ3n) is 3.23. The molecule has 0 aromatic carbocycles. The molecule has 2 rings (SSSR count). The van der Waals surface area contributed by atoms with E-state index in [1.807, 2.05) is 13.8 Å². The first-order valence-corrected chi connectivity index (χ1v) is 7.69. The van der Waals surface area contributed by atoms with Crippen molar-refractivity contribution in [1.29, 1.82) is 0 Å². The number of aryl methyl sites for hydroxylation is 1. The number of aromatic nitrogens is 2. The van der Waals surface area contributed by atoms with Crippen LogP contribution in [0.25, 0.3) is 0 Å². The van der Waals surface area contributed by atoms with Gasteiger partial charge in [0.15, 0.2) is 0 Å². The summed E-state index contributed by atoms with van der Waals surface area (Å²) >= 11 is 1.76. The third-order valence-corrected chi connectivity index (χ3v) is 4.09. The quantitative estimate of drug-likeness (QED) is 0.633. The minimum atomic E-state index is 0.705. The Balaban J connectivity index is 2.37. The van der Waals surface area contributed by atoms with Gasteiger partial charge >= 0.3 is 0 Å². The van der Waals surface area contributed by atoms with E-state index in [9.17, 15) is 0 Å². The lowest BCUT2D eigenvalue weighted by Crippen LogP contribution is -2.25. The highest BCUT2D eigenvalue weighted by atomic mass is 32.1. The fourth-order valence-corrected chi connectivity index (χ4v) is 2.80. The maximum Gasteiger partial charge on any atom is 0.148 e. The highest BCUT2D eigenvalue weighted by molar-refractivity contribution is 7.09. The minimum Gasteiger partial charge on any atom is -0.351 e. The molecular formula is C14H21N5S. The number of hydrazine groups is 1. The first-order chi connectivity index (χ1) is 9.69. The van der Waals surface area contributed by atoms with Crippen molar-refractivity contribution < 1.29 is 0 Å². The SMILES string of the molecule is CCc1nc(NN)c(C)c(N(CC)Cc2cccs2)n1. The maximum atomic E-state index is 5.56. The molecule has 0 radical (unpaired) electrons. The molecule has 0 fully saturated rings. The monoisotopic (exact) mass is 291 g/mol. The van der Waals surface area contributed by atoms with Gasteiger partial charge < -0.3 is 10.3 Å². The number of nitrogen functional groups attached to an aromatic ring is 1. The first kappa shape index (κ1) is 14.7. The number of hydrogen-bond donors (Lipinski definition) is 2. The van der Waals surface area contributed by atoms with Crippen LogP contribution in [0.2, 0.25) is 0 Å². The van der Waals surface area contributed by atoms with E-state index in [0.717, 1.165) is 36.7 Å². The van der Waals surface area contributed by atoms with Gasteiger partial charge in [-0.15, -0.1) is 11.3 Å². The highest BCUT2D eigenvalue weighted by Gasteiger charge is 2.15. The number of nitrogens with one attached hydrogen (secondary N) is 1. The zero-order valence-corrected chi connectivity index (χ0v) is 13.0. The molecule has 0 atom stereocenters. The second-order valence-electron chi connectivity index (χ2n) is 4.53. The Morgan fingerprint density at radius 2 is 2.15 bits per heavy atom. The van der Waals surface area contributed by atoms with Crippen molar-refractivity contribution in [2.75, 3.05) is 16.9 Å². The summed E-state index contributed by atoms with van der Waals surface area (Å²) in [7, 11) is 0. The Kier molecular flexibility index (Phi) is 4.92. The van der Waals surface area contributed by atoms with Crippen molar-refractivity contribution in [3.8, 4) is 0 Å². The van der Waals surface area contributed by atoms with Crippen molar-refractivity contribution in [2.45, 2.75) is 33.7 Å². The van der Waals surface area contributed by atoms with Crippen LogP contribution in [0, 0.1) is 6.92 Å². The smallest absolute Gasteiger partial charge is 0.148 e. The van der Waals surface area contributed by atoms with Crippen molar-refractivity contribution in [2.24, 2.45) is 5.84 Å². The number of hydrogen-bond acceptors (Lipinski definition) is 6. The molecule has 3 N–H and O–H groups in total. The maximum absolute atomic E-state index is 5.56. The average molecular weight is 291 g/mol. The Labute approximate surface area is 123 Å². The summed E-state index contributed by atoms with van der Waals surface area (Å²) in [4.78, 5) is 12.7. The molecule has 6 heteroatoms. The zero-order valence-electron chi connectivity index (χ0n) is 12.2. The second-order valence-corrected chi connectivity index (χ2v) is 5.56. The summed E-state index contributed by atoms with van der Waals surface area (Å²) in [6, 6.07) is 4.22. The van der Waals surface area contributed by atoms with Gasteiger partial charge in [-0.3, -0.25) is 0 Å². The number of anilines is 2. The molecule has 20 heavy (non-hydrogen) atoms. The van der Waals surface area contributed by atoms with E-state index in [4.69, 9.17) is 5.84 Å². The average Bonchev–Trinajstić information content (AvgIpc) is 2.98. The largest absolute Gasteiger partial charge is 0.351 e. The second kappa shape index (κ2) is 6.67. The molecule has 2 aromatic heterocycles. The Morgan fingerprint density at radius 3 is 2.70 bits per heavy atom. The van der Waals surface area contributed by atoms with Gasteiger partial charge in [0, 0.05) is 23.4 Å². The van der Waals surface area contributed by atoms with Crippen LogP contribution in [0.15, 0.2) is 17.5 Å². The lowest BCUT2D eigenvalue weighted by molar-refractivity contribution is 0.797. The normalized spacial score (nSPS) is 10.6. The molecule has 0 aliphatic heterocycles. The molecule has 0 bridgehead atoms. The lowest BCUT2D eigenvalue weighted by Gasteiger charge is -2.24. The van der Waals surface area contributed by atoms with Crippen LogP contribution in [0.5, 0.6) is 0 Å². The first-order valence-electron chi connectivity index (χ1n) is 6.81. The number of nitrogens with zero attached hydrogens (tertiary/aromatic N) is 3. The molecule has 2 heterocycles. The molecule has 0 saturated carbocycles. The van der Waals surface area contributed by atoms with Crippen LogP contribution < -0.4 is 16.2 Å². The van der Waals surface area contributed by atoms with Gasteiger partial charge in [0.05, 0.1) is 6.54 Å². The van der Waals surface area contributed by atoms with Gasteiger partial charge in [0.1, 0.15) is 17.5 Å². The number of nitrogens with two attached hydrogens (primary N) is 1. The summed E-state index contributed by atoms with van der Waals surface area (Å²) in [5.41, 5.74) is 3.66. The molecule has 2 aromatic rings. The van der Waals surface area contributed by atoms with Gasteiger partial charge in [-0.1, -0.05) is 13.0 Å². The Bertz CT molecular complexity index is 553. The predicted molar refractivity (Wildman–Crippen MR) is 85.0 cm³/mol. The molecular weight excluding hydrogens is 270 g/mol. The van der Waals surface area contributed by atoms with Gasteiger partial charge in [0.25, 0.3) is 0 Å². The van der Waals surface area contributed by atoms with E-state index in [1.165, 1.54) is 4.88 Å². The van der Waals surface area contributed by atoms with E-state index < -0.39 is 0 Å². The summed E-state index contributed by atoms with van der Waals surface area (Å²) < 4.78 is 0. The Hall–Kier alpha value is -1.66. The molecule has 0 saturated heterocycles. The summed E-state index contributed by atoms with van der Waals surface area (Å²) in [6.45, 7) is 7.93. The number of rotatable bonds is 6.